The van der Waals surface area contributed by atoms with E-state index in [0.29, 0.717) is 13.1 Å². The summed E-state index contributed by atoms with van der Waals surface area (Å²) in [5, 5.41) is 5.82. The van der Waals surface area contributed by atoms with Crippen molar-refractivity contribution in [2.75, 3.05) is 24.6 Å². The van der Waals surface area contributed by atoms with E-state index in [0.717, 1.165) is 17.8 Å². The molecule has 2 amide bonds. The fourth-order valence-electron chi connectivity index (χ4n) is 2.64. The summed E-state index contributed by atoms with van der Waals surface area (Å²) >= 11 is 1.62. The van der Waals surface area contributed by atoms with E-state index in [-0.39, 0.29) is 29.5 Å². The van der Waals surface area contributed by atoms with Crippen LogP contribution in [0.3, 0.4) is 0 Å². The lowest BCUT2D eigenvalue weighted by Crippen LogP contribution is -2.49. The van der Waals surface area contributed by atoms with Gasteiger partial charge in [0.15, 0.2) is 9.84 Å². The monoisotopic (exact) mass is 345 g/mol. The van der Waals surface area contributed by atoms with Gasteiger partial charge in [0, 0.05) is 42.4 Å². The predicted octanol–water partition coefficient (Wildman–Crippen LogP) is 1.86. The Balaban J connectivity index is 1.89. The summed E-state index contributed by atoms with van der Waals surface area (Å²) in [6, 6.07) is -0.558. The SMILES string of the molecule is CCS(=O)(=O)CC(C)NC(=O)N1CCCC(c2nccs2)C1. The van der Waals surface area contributed by atoms with Gasteiger partial charge in [0.1, 0.15) is 0 Å². The van der Waals surface area contributed by atoms with Crippen LogP contribution in [0.15, 0.2) is 11.6 Å². The molecule has 1 saturated heterocycles. The molecule has 2 heterocycles. The number of sulfone groups is 1. The second kappa shape index (κ2) is 7.41. The van der Waals surface area contributed by atoms with Gasteiger partial charge in [-0.2, -0.15) is 0 Å². The maximum Gasteiger partial charge on any atom is 0.317 e. The van der Waals surface area contributed by atoms with Crippen LogP contribution in [0, 0.1) is 0 Å². The Morgan fingerprint density at radius 2 is 2.36 bits per heavy atom. The number of likely N-dealkylation sites (tertiary alicyclic amines) is 1. The smallest absolute Gasteiger partial charge is 0.317 e. The van der Waals surface area contributed by atoms with Crippen molar-refractivity contribution in [1.82, 2.24) is 15.2 Å². The number of amides is 2. The van der Waals surface area contributed by atoms with Crippen molar-refractivity contribution in [2.45, 2.75) is 38.6 Å². The molecule has 8 heteroatoms. The largest absolute Gasteiger partial charge is 0.335 e. The van der Waals surface area contributed by atoms with E-state index in [1.165, 1.54) is 0 Å². The lowest BCUT2D eigenvalue weighted by molar-refractivity contribution is 0.177. The first-order valence-electron chi connectivity index (χ1n) is 7.56. The normalized spacial score (nSPS) is 20.6. The number of hydrogen-bond acceptors (Lipinski definition) is 5. The Hall–Kier alpha value is -1.15. The first kappa shape index (κ1) is 17.2. The van der Waals surface area contributed by atoms with Gasteiger partial charge in [0.2, 0.25) is 0 Å². The van der Waals surface area contributed by atoms with Crippen molar-refractivity contribution in [3.05, 3.63) is 16.6 Å². The molecule has 2 atom stereocenters. The molecule has 6 nitrogen and oxygen atoms in total. The highest BCUT2D eigenvalue weighted by molar-refractivity contribution is 7.91. The van der Waals surface area contributed by atoms with Gasteiger partial charge in [0.25, 0.3) is 0 Å². The highest BCUT2D eigenvalue weighted by atomic mass is 32.2. The summed E-state index contributed by atoms with van der Waals surface area (Å²) < 4.78 is 23.2. The molecule has 1 aromatic rings. The molecule has 2 rings (SSSR count). The summed E-state index contributed by atoms with van der Waals surface area (Å²) in [5.41, 5.74) is 0. The van der Waals surface area contributed by atoms with E-state index in [1.807, 2.05) is 5.38 Å². The van der Waals surface area contributed by atoms with E-state index in [1.54, 1.807) is 36.3 Å². The Morgan fingerprint density at radius 3 is 3.00 bits per heavy atom. The minimum absolute atomic E-state index is 0.0149. The van der Waals surface area contributed by atoms with Crippen LogP contribution in [0.2, 0.25) is 0 Å². The van der Waals surface area contributed by atoms with Crippen molar-refractivity contribution in [1.29, 1.82) is 0 Å². The molecule has 22 heavy (non-hydrogen) atoms. The Kier molecular flexibility index (Phi) is 5.80. The molecule has 1 N–H and O–H groups in total. The summed E-state index contributed by atoms with van der Waals surface area (Å²) in [7, 11) is -3.08. The fraction of sp³-hybridized carbons (Fsp3) is 0.714. The molecule has 124 valence electrons. The van der Waals surface area contributed by atoms with Crippen LogP contribution in [0.1, 0.15) is 37.6 Å². The number of rotatable bonds is 5. The van der Waals surface area contributed by atoms with Crippen LogP contribution >= 0.6 is 11.3 Å². The van der Waals surface area contributed by atoms with Crippen LogP contribution < -0.4 is 5.32 Å². The van der Waals surface area contributed by atoms with Crippen molar-refractivity contribution < 1.29 is 13.2 Å². The number of nitrogens with zero attached hydrogens (tertiary/aromatic N) is 2. The van der Waals surface area contributed by atoms with Crippen LogP contribution in [0.4, 0.5) is 4.79 Å². The summed E-state index contributed by atoms with van der Waals surface area (Å²) in [4.78, 5) is 18.4. The maximum atomic E-state index is 12.3. The van der Waals surface area contributed by atoms with Crippen LogP contribution in [-0.2, 0) is 9.84 Å². The van der Waals surface area contributed by atoms with E-state index in [9.17, 15) is 13.2 Å². The Morgan fingerprint density at radius 1 is 1.59 bits per heavy atom. The van der Waals surface area contributed by atoms with Crippen LogP contribution in [0.5, 0.6) is 0 Å². The number of thiazole rings is 1. The Labute approximate surface area is 135 Å². The molecule has 0 radical (unpaired) electrons. The van der Waals surface area contributed by atoms with E-state index in [2.05, 4.69) is 10.3 Å². The molecule has 0 spiro atoms. The minimum Gasteiger partial charge on any atom is -0.335 e. The number of carbonyl (C=O) groups is 1. The zero-order valence-corrected chi connectivity index (χ0v) is 14.6. The highest BCUT2D eigenvalue weighted by Gasteiger charge is 2.27. The average Bonchev–Trinajstić information content (AvgIpc) is 3.01. The number of aromatic nitrogens is 1. The molecule has 0 aromatic carbocycles. The third-order valence-electron chi connectivity index (χ3n) is 3.82. The van der Waals surface area contributed by atoms with Gasteiger partial charge < -0.3 is 10.2 Å². The van der Waals surface area contributed by atoms with Crippen molar-refractivity contribution in [2.24, 2.45) is 0 Å². The Bertz CT molecular complexity index is 586. The highest BCUT2D eigenvalue weighted by Crippen LogP contribution is 2.28. The molecular weight excluding hydrogens is 322 g/mol. The van der Waals surface area contributed by atoms with Crippen LogP contribution in [-0.4, -0.2) is 55.0 Å². The van der Waals surface area contributed by atoms with Crippen molar-refractivity contribution >= 4 is 27.2 Å². The number of piperidine rings is 1. The number of hydrogen-bond donors (Lipinski definition) is 1. The predicted molar refractivity (Wildman–Crippen MR) is 88.0 cm³/mol. The van der Waals surface area contributed by atoms with Gasteiger partial charge in [-0.3, -0.25) is 0 Å². The molecule has 2 unspecified atom stereocenters. The molecule has 1 fully saturated rings. The first-order chi connectivity index (χ1) is 10.4. The zero-order chi connectivity index (χ0) is 16.2. The quantitative estimate of drug-likeness (QED) is 0.883. The third kappa shape index (κ3) is 4.67. The summed E-state index contributed by atoms with van der Waals surface area (Å²) in [6.45, 7) is 4.70. The first-order valence-corrected chi connectivity index (χ1v) is 10.3. The second-order valence-corrected chi connectivity index (χ2v) is 9.03. The molecule has 0 aliphatic carbocycles. The topological polar surface area (TPSA) is 79.4 Å². The van der Waals surface area contributed by atoms with Crippen molar-refractivity contribution in [3.8, 4) is 0 Å². The average molecular weight is 345 g/mol. The lowest BCUT2D eigenvalue weighted by atomic mass is 9.99. The van der Waals surface area contributed by atoms with Gasteiger partial charge >= 0.3 is 6.03 Å². The molecule has 1 aliphatic heterocycles. The van der Waals surface area contributed by atoms with Gasteiger partial charge in [-0.05, 0) is 19.8 Å². The molecule has 1 aliphatic rings. The zero-order valence-electron chi connectivity index (χ0n) is 13.0. The minimum atomic E-state index is -3.08. The molecular formula is C14H23N3O3S2. The van der Waals surface area contributed by atoms with Gasteiger partial charge in [-0.25, -0.2) is 18.2 Å². The maximum absolute atomic E-state index is 12.3. The molecule has 0 bridgehead atoms. The van der Waals surface area contributed by atoms with Crippen molar-refractivity contribution in [3.63, 3.8) is 0 Å². The number of nitrogens with one attached hydrogen (secondary N) is 1. The van der Waals surface area contributed by atoms with Crippen LogP contribution in [0.25, 0.3) is 0 Å². The molecule has 1 aromatic heterocycles. The third-order valence-corrected chi connectivity index (χ3v) is 6.65. The fourth-order valence-corrected chi connectivity index (χ4v) is 4.49. The van der Waals surface area contributed by atoms with E-state index in [4.69, 9.17) is 0 Å². The molecule has 0 saturated carbocycles. The summed E-state index contributed by atoms with van der Waals surface area (Å²) in [5.74, 6) is 0.372. The number of carbonyl (C=O) groups excluding carboxylic acids is 1. The van der Waals surface area contributed by atoms with E-state index >= 15 is 0 Å². The summed E-state index contributed by atoms with van der Waals surface area (Å²) in [6.07, 6.45) is 3.77. The van der Waals surface area contributed by atoms with E-state index < -0.39 is 9.84 Å². The standard InChI is InChI=1S/C14H23N3O3S2/c1-3-22(19,20)10-11(2)16-14(18)17-7-4-5-12(9-17)13-15-6-8-21-13/h6,8,11-12H,3-5,7,9-10H2,1-2H3,(H,16,18). The van der Waals surface area contributed by atoms with Gasteiger partial charge in [-0.1, -0.05) is 6.92 Å². The lowest BCUT2D eigenvalue weighted by Gasteiger charge is -2.32. The van der Waals surface area contributed by atoms with Gasteiger partial charge in [-0.15, -0.1) is 11.3 Å². The number of urea groups is 1. The van der Waals surface area contributed by atoms with Gasteiger partial charge in [0.05, 0.1) is 10.8 Å². The second-order valence-electron chi connectivity index (χ2n) is 5.70.